The number of carbonyl (C=O) groups is 2. The van der Waals surface area contributed by atoms with Gasteiger partial charge in [-0.05, 0) is 23.9 Å². The summed E-state index contributed by atoms with van der Waals surface area (Å²) in [6.45, 7) is 4.61. The Morgan fingerprint density at radius 3 is 2.57 bits per heavy atom. The molecule has 30 heavy (non-hydrogen) atoms. The summed E-state index contributed by atoms with van der Waals surface area (Å²) < 4.78 is 31.2. The fraction of sp³-hybridized carbons (Fsp3) is 0.400. The maximum absolute atomic E-state index is 12.3. The molecular formula is C20H25N3O5S2. The Morgan fingerprint density at radius 1 is 1.13 bits per heavy atom. The van der Waals surface area contributed by atoms with Crippen molar-refractivity contribution in [1.82, 2.24) is 14.5 Å². The SMILES string of the molecule is Cc1cccc(CN2CCN(C(=O)COC(=O)CNS(=O)(=O)c3cccs3)CC2)c1. The van der Waals surface area contributed by atoms with Crippen LogP contribution in [0.1, 0.15) is 11.1 Å². The molecule has 162 valence electrons. The van der Waals surface area contributed by atoms with Crippen molar-refractivity contribution < 1.29 is 22.7 Å². The summed E-state index contributed by atoms with van der Waals surface area (Å²) >= 11 is 1.05. The first-order valence-corrected chi connectivity index (χ1v) is 11.9. The topological polar surface area (TPSA) is 96.0 Å². The smallest absolute Gasteiger partial charge is 0.321 e. The molecule has 1 fully saturated rings. The molecular weight excluding hydrogens is 426 g/mol. The van der Waals surface area contributed by atoms with E-state index in [1.54, 1.807) is 16.3 Å². The molecule has 8 nitrogen and oxygen atoms in total. The van der Waals surface area contributed by atoms with Crippen molar-refractivity contribution in [3.63, 3.8) is 0 Å². The molecule has 1 amide bonds. The highest BCUT2D eigenvalue weighted by molar-refractivity contribution is 7.91. The van der Waals surface area contributed by atoms with Gasteiger partial charge in [0.2, 0.25) is 0 Å². The highest BCUT2D eigenvalue weighted by Crippen LogP contribution is 2.15. The van der Waals surface area contributed by atoms with Crippen LogP contribution < -0.4 is 4.72 Å². The Bertz CT molecular complexity index is 968. The minimum absolute atomic E-state index is 0.120. The number of carbonyl (C=O) groups excluding carboxylic acids is 2. The van der Waals surface area contributed by atoms with Gasteiger partial charge in [0, 0.05) is 32.7 Å². The zero-order chi connectivity index (χ0) is 21.6. The second-order valence-electron chi connectivity index (χ2n) is 7.06. The van der Waals surface area contributed by atoms with Crippen LogP contribution in [0.5, 0.6) is 0 Å². The molecule has 0 bridgehead atoms. The lowest BCUT2D eigenvalue weighted by Gasteiger charge is -2.34. The molecule has 1 saturated heterocycles. The number of nitrogens with one attached hydrogen (secondary N) is 1. The normalized spacial score (nSPS) is 15.2. The van der Waals surface area contributed by atoms with Crippen molar-refractivity contribution in [2.24, 2.45) is 0 Å². The van der Waals surface area contributed by atoms with Crippen LogP contribution in [0.15, 0.2) is 46.0 Å². The van der Waals surface area contributed by atoms with Crippen LogP contribution in [0.2, 0.25) is 0 Å². The molecule has 3 rings (SSSR count). The fourth-order valence-electron chi connectivity index (χ4n) is 3.15. The minimum Gasteiger partial charge on any atom is -0.455 e. The van der Waals surface area contributed by atoms with Crippen LogP contribution in [0.3, 0.4) is 0 Å². The molecule has 1 aliphatic rings. The molecule has 2 heterocycles. The molecule has 0 saturated carbocycles. The van der Waals surface area contributed by atoms with Crippen molar-refractivity contribution in [3.05, 3.63) is 52.9 Å². The van der Waals surface area contributed by atoms with Gasteiger partial charge in [0.1, 0.15) is 10.8 Å². The van der Waals surface area contributed by atoms with Gasteiger partial charge in [-0.15, -0.1) is 11.3 Å². The third kappa shape index (κ3) is 6.36. The van der Waals surface area contributed by atoms with Gasteiger partial charge in [-0.2, -0.15) is 4.72 Å². The van der Waals surface area contributed by atoms with Gasteiger partial charge in [-0.25, -0.2) is 8.42 Å². The summed E-state index contributed by atoms with van der Waals surface area (Å²) in [5.74, 6) is -1.07. The van der Waals surface area contributed by atoms with Crippen LogP contribution in [0.25, 0.3) is 0 Å². The van der Waals surface area contributed by atoms with E-state index in [9.17, 15) is 18.0 Å². The largest absolute Gasteiger partial charge is 0.455 e. The van der Waals surface area contributed by atoms with Gasteiger partial charge in [0.15, 0.2) is 6.61 Å². The number of thiophene rings is 1. The molecule has 0 aliphatic carbocycles. The summed E-state index contributed by atoms with van der Waals surface area (Å²) in [7, 11) is -3.74. The molecule has 1 aliphatic heterocycles. The lowest BCUT2D eigenvalue weighted by atomic mass is 10.1. The van der Waals surface area contributed by atoms with Crippen molar-refractivity contribution >= 4 is 33.2 Å². The average Bonchev–Trinajstić information content (AvgIpc) is 3.27. The number of hydrogen-bond acceptors (Lipinski definition) is 7. The fourth-order valence-corrected chi connectivity index (χ4v) is 5.16. The van der Waals surface area contributed by atoms with Crippen LogP contribution in [0.4, 0.5) is 0 Å². The summed E-state index contributed by atoms with van der Waals surface area (Å²) in [5.41, 5.74) is 2.47. The number of esters is 1. The molecule has 1 aromatic heterocycles. The number of nitrogens with zero attached hydrogens (tertiary/aromatic N) is 2. The predicted octanol–water partition coefficient (Wildman–Crippen LogP) is 1.22. The maximum atomic E-state index is 12.3. The minimum atomic E-state index is -3.74. The Morgan fingerprint density at radius 2 is 1.90 bits per heavy atom. The zero-order valence-electron chi connectivity index (χ0n) is 16.7. The molecule has 2 aromatic rings. The lowest BCUT2D eigenvalue weighted by molar-refractivity contribution is -0.151. The van der Waals surface area contributed by atoms with Crippen LogP contribution in [-0.2, 0) is 30.9 Å². The van der Waals surface area contributed by atoms with E-state index >= 15 is 0 Å². The van der Waals surface area contributed by atoms with E-state index in [-0.39, 0.29) is 10.1 Å². The molecule has 0 atom stereocenters. The summed E-state index contributed by atoms with van der Waals surface area (Å²) in [6, 6.07) is 11.4. The molecule has 0 unspecified atom stereocenters. The van der Waals surface area contributed by atoms with Crippen molar-refractivity contribution in [2.75, 3.05) is 39.3 Å². The van der Waals surface area contributed by atoms with Gasteiger partial charge in [0.25, 0.3) is 15.9 Å². The Labute approximate surface area is 180 Å². The number of hydrogen-bond donors (Lipinski definition) is 1. The van der Waals surface area contributed by atoms with E-state index in [2.05, 4.69) is 34.7 Å². The van der Waals surface area contributed by atoms with E-state index < -0.39 is 29.1 Å². The van der Waals surface area contributed by atoms with Gasteiger partial charge in [-0.1, -0.05) is 35.9 Å². The van der Waals surface area contributed by atoms with E-state index in [1.165, 1.54) is 17.2 Å². The third-order valence-corrected chi connectivity index (χ3v) is 7.54. The second kappa shape index (κ2) is 10.2. The monoisotopic (exact) mass is 451 g/mol. The number of piperazine rings is 1. The highest BCUT2D eigenvalue weighted by atomic mass is 32.2. The predicted molar refractivity (Wildman–Crippen MR) is 114 cm³/mol. The number of amides is 1. The molecule has 0 radical (unpaired) electrons. The Balaban J connectivity index is 1.37. The van der Waals surface area contributed by atoms with Crippen LogP contribution in [-0.4, -0.2) is 69.4 Å². The Kier molecular flexibility index (Phi) is 7.59. The molecule has 1 aromatic carbocycles. The standard InChI is InChI=1S/C20H25N3O5S2/c1-16-4-2-5-17(12-16)14-22-7-9-23(10-8-22)18(24)15-28-19(25)13-21-30(26,27)20-6-3-11-29-20/h2-6,11-12,21H,7-10,13-15H2,1H3. The summed E-state index contributed by atoms with van der Waals surface area (Å²) in [4.78, 5) is 28.0. The number of sulfonamides is 1. The van der Waals surface area contributed by atoms with E-state index in [1.807, 2.05) is 6.07 Å². The molecule has 10 heteroatoms. The third-order valence-electron chi connectivity index (χ3n) is 4.74. The summed E-state index contributed by atoms with van der Waals surface area (Å²) in [6.07, 6.45) is 0. The lowest BCUT2D eigenvalue weighted by Crippen LogP contribution is -2.49. The van der Waals surface area contributed by atoms with Crippen molar-refractivity contribution in [2.45, 2.75) is 17.7 Å². The van der Waals surface area contributed by atoms with Crippen LogP contribution >= 0.6 is 11.3 Å². The second-order valence-corrected chi connectivity index (χ2v) is 10.0. The Hall–Kier alpha value is -2.27. The number of benzene rings is 1. The van der Waals surface area contributed by atoms with Gasteiger partial charge < -0.3 is 9.64 Å². The highest BCUT2D eigenvalue weighted by Gasteiger charge is 2.23. The first-order chi connectivity index (χ1) is 14.3. The van der Waals surface area contributed by atoms with Gasteiger partial charge >= 0.3 is 5.97 Å². The number of aryl methyl sites for hydroxylation is 1. The van der Waals surface area contributed by atoms with Gasteiger partial charge in [0.05, 0.1) is 0 Å². The van der Waals surface area contributed by atoms with E-state index in [0.717, 1.165) is 31.0 Å². The number of ether oxygens (including phenoxy) is 1. The van der Waals surface area contributed by atoms with E-state index in [0.29, 0.717) is 13.1 Å². The van der Waals surface area contributed by atoms with Crippen LogP contribution in [0, 0.1) is 6.92 Å². The van der Waals surface area contributed by atoms with E-state index in [4.69, 9.17) is 4.74 Å². The van der Waals surface area contributed by atoms with Gasteiger partial charge in [-0.3, -0.25) is 14.5 Å². The summed E-state index contributed by atoms with van der Waals surface area (Å²) in [5, 5.41) is 1.63. The molecule has 0 spiro atoms. The van der Waals surface area contributed by atoms with Crippen molar-refractivity contribution in [1.29, 1.82) is 0 Å². The first kappa shape index (κ1) is 22.4. The maximum Gasteiger partial charge on any atom is 0.321 e. The molecule has 1 N–H and O–H groups in total. The average molecular weight is 452 g/mol. The van der Waals surface area contributed by atoms with Crippen molar-refractivity contribution in [3.8, 4) is 0 Å². The zero-order valence-corrected chi connectivity index (χ0v) is 18.4. The quantitative estimate of drug-likeness (QED) is 0.607. The number of rotatable bonds is 8. The first-order valence-electron chi connectivity index (χ1n) is 9.58.